The number of nitrogen functional groups attached to an aromatic ring is 1. The average molecular weight is 291 g/mol. The van der Waals surface area contributed by atoms with E-state index >= 15 is 0 Å². The first kappa shape index (κ1) is 14.5. The summed E-state index contributed by atoms with van der Waals surface area (Å²) in [5.74, 6) is 0. The molecule has 0 spiro atoms. The number of anilines is 1. The Kier molecular flexibility index (Phi) is 4.06. The maximum absolute atomic E-state index is 12.4. The molecule has 106 valence electrons. The first-order valence-electron chi connectivity index (χ1n) is 6.15. The number of hydrogen-bond acceptors (Lipinski definition) is 4. The summed E-state index contributed by atoms with van der Waals surface area (Å²) in [7, 11) is -3.56. The van der Waals surface area contributed by atoms with Gasteiger partial charge in [0.2, 0.25) is 10.0 Å². The average Bonchev–Trinajstić information content (AvgIpc) is 2.36. The van der Waals surface area contributed by atoms with Crippen molar-refractivity contribution in [1.29, 1.82) is 0 Å². The lowest BCUT2D eigenvalue weighted by atomic mass is 10.1. The number of nitrogens with one attached hydrogen (secondary N) is 1. The van der Waals surface area contributed by atoms with Gasteiger partial charge in [-0.05, 0) is 54.8 Å². The van der Waals surface area contributed by atoms with Crippen molar-refractivity contribution in [3.8, 4) is 0 Å². The summed E-state index contributed by atoms with van der Waals surface area (Å²) in [5.41, 5.74) is 8.42. The lowest BCUT2D eigenvalue weighted by Crippen LogP contribution is -2.25. The maximum atomic E-state index is 12.4. The van der Waals surface area contributed by atoms with Crippen LogP contribution in [0.3, 0.4) is 0 Å². The second-order valence-electron chi connectivity index (χ2n) is 4.66. The molecule has 0 atom stereocenters. The molecule has 0 saturated carbocycles. The van der Waals surface area contributed by atoms with E-state index in [1.54, 1.807) is 50.5 Å². The van der Waals surface area contributed by atoms with Gasteiger partial charge in [-0.25, -0.2) is 13.1 Å². The van der Waals surface area contributed by atoms with Crippen LogP contribution < -0.4 is 10.5 Å². The van der Waals surface area contributed by atoms with E-state index in [9.17, 15) is 8.42 Å². The van der Waals surface area contributed by atoms with Gasteiger partial charge < -0.3 is 5.73 Å². The lowest BCUT2D eigenvalue weighted by Gasteiger charge is -2.13. The Bertz CT molecular complexity index is 689. The fraction of sp³-hybridized carbons (Fsp3) is 0.214. The third kappa shape index (κ3) is 3.15. The normalized spacial score (nSPS) is 11.5. The molecule has 1 aromatic heterocycles. The molecule has 0 saturated heterocycles. The van der Waals surface area contributed by atoms with Crippen molar-refractivity contribution in [2.75, 3.05) is 5.73 Å². The van der Waals surface area contributed by atoms with E-state index in [2.05, 4.69) is 9.71 Å². The monoisotopic (exact) mass is 291 g/mol. The molecule has 0 bridgehead atoms. The van der Waals surface area contributed by atoms with Crippen LogP contribution in [0.2, 0.25) is 0 Å². The zero-order chi connectivity index (χ0) is 14.8. The minimum Gasteiger partial charge on any atom is -0.399 e. The van der Waals surface area contributed by atoms with Crippen molar-refractivity contribution in [2.45, 2.75) is 25.3 Å². The van der Waals surface area contributed by atoms with Crippen molar-refractivity contribution < 1.29 is 8.42 Å². The van der Waals surface area contributed by atoms with Crippen LogP contribution in [0, 0.1) is 13.8 Å². The Balaban J connectivity index is 2.28. The van der Waals surface area contributed by atoms with Crippen molar-refractivity contribution in [2.24, 2.45) is 0 Å². The number of nitrogens with two attached hydrogens (primary N) is 1. The molecule has 0 aliphatic rings. The van der Waals surface area contributed by atoms with Gasteiger partial charge in [0.25, 0.3) is 0 Å². The number of nitrogens with zero attached hydrogens (tertiary/aromatic N) is 1. The van der Waals surface area contributed by atoms with Gasteiger partial charge in [0.05, 0.1) is 4.90 Å². The molecule has 6 heteroatoms. The highest BCUT2D eigenvalue weighted by atomic mass is 32.2. The van der Waals surface area contributed by atoms with E-state index in [1.807, 2.05) is 0 Å². The van der Waals surface area contributed by atoms with Crippen LogP contribution in [0.4, 0.5) is 5.69 Å². The molecule has 2 rings (SSSR count). The molecule has 5 nitrogen and oxygen atoms in total. The van der Waals surface area contributed by atoms with Gasteiger partial charge in [0.15, 0.2) is 0 Å². The van der Waals surface area contributed by atoms with Gasteiger partial charge in [0.1, 0.15) is 0 Å². The summed E-state index contributed by atoms with van der Waals surface area (Å²) >= 11 is 0. The highest BCUT2D eigenvalue weighted by Crippen LogP contribution is 2.23. The second kappa shape index (κ2) is 5.60. The molecule has 1 heterocycles. The van der Waals surface area contributed by atoms with E-state index in [0.29, 0.717) is 21.7 Å². The van der Waals surface area contributed by atoms with Crippen LogP contribution in [0.5, 0.6) is 0 Å². The van der Waals surface area contributed by atoms with Crippen LogP contribution in [0.15, 0.2) is 41.6 Å². The summed E-state index contributed by atoms with van der Waals surface area (Å²) in [6.07, 6.45) is 3.26. The Morgan fingerprint density at radius 2 is 1.70 bits per heavy atom. The van der Waals surface area contributed by atoms with Crippen LogP contribution >= 0.6 is 0 Å². The Morgan fingerprint density at radius 1 is 1.15 bits per heavy atom. The first-order valence-corrected chi connectivity index (χ1v) is 7.64. The molecular formula is C14H17N3O2S. The summed E-state index contributed by atoms with van der Waals surface area (Å²) in [6.45, 7) is 3.71. The minimum atomic E-state index is -3.56. The predicted octanol–water partition coefficient (Wildman–Crippen LogP) is 1.76. The summed E-state index contributed by atoms with van der Waals surface area (Å²) in [6, 6.07) is 6.86. The first-order chi connectivity index (χ1) is 9.40. The number of benzene rings is 1. The summed E-state index contributed by atoms with van der Waals surface area (Å²) in [4.78, 5) is 4.19. The van der Waals surface area contributed by atoms with Gasteiger partial charge >= 0.3 is 0 Å². The Morgan fingerprint density at radius 3 is 2.25 bits per heavy atom. The van der Waals surface area contributed by atoms with Gasteiger partial charge in [-0.1, -0.05) is 0 Å². The topological polar surface area (TPSA) is 85.1 Å². The van der Waals surface area contributed by atoms with E-state index in [4.69, 9.17) is 5.73 Å². The highest BCUT2D eigenvalue weighted by molar-refractivity contribution is 7.89. The molecule has 0 unspecified atom stereocenters. The maximum Gasteiger partial charge on any atom is 0.241 e. The molecule has 20 heavy (non-hydrogen) atoms. The molecule has 0 radical (unpaired) electrons. The number of aromatic nitrogens is 1. The van der Waals surface area contributed by atoms with E-state index in [1.165, 1.54) is 0 Å². The van der Waals surface area contributed by atoms with Gasteiger partial charge in [-0.3, -0.25) is 4.98 Å². The third-order valence-electron chi connectivity index (χ3n) is 2.97. The Hall–Kier alpha value is -1.92. The van der Waals surface area contributed by atoms with Gasteiger partial charge in [-0.15, -0.1) is 0 Å². The molecule has 2 aromatic rings. The summed E-state index contributed by atoms with van der Waals surface area (Å²) in [5, 5.41) is 0. The van der Waals surface area contributed by atoms with Crippen molar-refractivity contribution in [1.82, 2.24) is 9.71 Å². The molecule has 0 fully saturated rings. The van der Waals surface area contributed by atoms with Crippen LogP contribution in [-0.2, 0) is 16.6 Å². The highest BCUT2D eigenvalue weighted by Gasteiger charge is 2.19. The third-order valence-corrected chi connectivity index (χ3v) is 4.67. The number of hydrogen-bond donors (Lipinski definition) is 2. The standard InChI is InChI=1S/C14H17N3O2S/c1-10-7-13(15)8-11(2)14(10)20(18,19)17-9-12-3-5-16-6-4-12/h3-8,17H,9,15H2,1-2H3. The van der Waals surface area contributed by atoms with Crippen molar-refractivity contribution >= 4 is 15.7 Å². The van der Waals surface area contributed by atoms with Crippen molar-refractivity contribution in [3.05, 3.63) is 53.3 Å². The van der Waals surface area contributed by atoms with Gasteiger partial charge in [0, 0.05) is 24.6 Å². The summed E-state index contributed by atoms with van der Waals surface area (Å²) < 4.78 is 27.4. The van der Waals surface area contributed by atoms with Crippen molar-refractivity contribution in [3.63, 3.8) is 0 Å². The fourth-order valence-electron chi connectivity index (χ4n) is 2.16. The van der Waals surface area contributed by atoms with Crippen LogP contribution in [0.25, 0.3) is 0 Å². The predicted molar refractivity (Wildman–Crippen MR) is 78.6 cm³/mol. The second-order valence-corrected chi connectivity index (χ2v) is 6.37. The SMILES string of the molecule is Cc1cc(N)cc(C)c1S(=O)(=O)NCc1ccncc1. The fourth-order valence-corrected chi connectivity index (χ4v) is 3.63. The number of rotatable bonds is 4. The number of aryl methyl sites for hydroxylation is 2. The number of sulfonamides is 1. The molecular weight excluding hydrogens is 274 g/mol. The van der Waals surface area contributed by atoms with Crippen LogP contribution in [0.1, 0.15) is 16.7 Å². The zero-order valence-corrected chi connectivity index (χ0v) is 12.2. The van der Waals surface area contributed by atoms with Crippen LogP contribution in [-0.4, -0.2) is 13.4 Å². The lowest BCUT2D eigenvalue weighted by molar-refractivity contribution is 0.580. The molecule has 0 aliphatic heterocycles. The largest absolute Gasteiger partial charge is 0.399 e. The van der Waals surface area contributed by atoms with E-state index < -0.39 is 10.0 Å². The quantitative estimate of drug-likeness (QED) is 0.841. The molecule has 0 aliphatic carbocycles. The minimum absolute atomic E-state index is 0.230. The molecule has 0 amide bonds. The number of pyridine rings is 1. The molecule has 3 N–H and O–H groups in total. The molecule has 1 aromatic carbocycles. The Labute approximate surface area is 118 Å². The van der Waals surface area contributed by atoms with E-state index in [-0.39, 0.29) is 6.54 Å². The van der Waals surface area contributed by atoms with E-state index in [0.717, 1.165) is 5.56 Å². The zero-order valence-electron chi connectivity index (χ0n) is 11.4. The smallest absolute Gasteiger partial charge is 0.241 e. The van der Waals surface area contributed by atoms with Gasteiger partial charge in [-0.2, -0.15) is 0 Å².